The molecule has 0 fully saturated rings. The molecular formula is C15H25N5S. The molecule has 0 aliphatic rings. The van der Waals surface area contributed by atoms with Crippen molar-refractivity contribution in [3.63, 3.8) is 0 Å². The van der Waals surface area contributed by atoms with E-state index in [4.69, 9.17) is 5.84 Å². The highest BCUT2D eigenvalue weighted by Crippen LogP contribution is 2.34. The molecule has 6 heteroatoms. The lowest BCUT2D eigenvalue weighted by atomic mass is 9.82. The smallest absolute Gasteiger partial charge is 0.240 e. The minimum absolute atomic E-state index is 0.0682. The van der Waals surface area contributed by atoms with E-state index in [0.717, 1.165) is 22.5 Å². The van der Waals surface area contributed by atoms with E-state index in [0.29, 0.717) is 5.95 Å². The van der Waals surface area contributed by atoms with E-state index < -0.39 is 0 Å². The molecule has 21 heavy (non-hydrogen) atoms. The first kappa shape index (κ1) is 16.0. The van der Waals surface area contributed by atoms with Gasteiger partial charge in [-0.2, -0.15) is 4.98 Å². The third-order valence-electron chi connectivity index (χ3n) is 3.07. The van der Waals surface area contributed by atoms with Gasteiger partial charge in [0.2, 0.25) is 5.95 Å². The van der Waals surface area contributed by atoms with Gasteiger partial charge >= 0.3 is 0 Å². The Morgan fingerprint density at radius 3 is 2.43 bits per heavy atom. The van der Waals surface area contributed by atoms with Crippen molar-refractivity contribution in [1.82, 2.24) is 9.97 Å². The third kappa shape index (κ3) is 4.04. The van der Waals surface area contributed by atoms with E-state index in [1.54, 1.807) is 11.3 Å². The average molecular weight is 307 g/mol. The van der Waals surface area contributed by atoms with Gasteiger partial charge in [0.25, 0.3) is 0 Å². The summed E-state index contributed by atoms with van der Waals surface area (Å²) in [5.41, 5.74) is 2.72. The Hall–Kier alpha value is -1.40. The number of nitrogens with two attached hydrogens (primary N) is 1. The average Bonchev–Trinajstić information content (AvgIpc) is 2.65. The molecule has 0 aromatic carbocycles. The van der Waals surface area contributed by atoms with Gasteiger partial charge in [-0.25, -0.2) is 10.8 Å². The summed E-state index contributed by atoms with van der Waals surface area (Å²) in [6.45, 7) is 13.2. The van der Waals surface area contributed by atoms with Crippen LogP contribution in [0.4, 0.5) is 11.8 Å². The zero-order chi connectivity index (χ0) is 15.8. The van der Waals surface area contributed by atoms with Crippen LogP contribution >= 0.6 is 11.3 Å². The molecule has 2 heterocycles. The first-order valence-corrected chi connectivity index (χ1v) is 7.94. The fourth-order valence-corrected chi connectivity index (χ4v) is 3.77. The van der Waals surface area contributed by atoms with Crippen LogP contribution < -0.4 is 16.6 Å². The molecule has 5 nitrogen and oxygen atoms in total. The number of aryl methyl sites for hydroxylation is 1. The summed E-state index contributed by atoms with van der Waals surface area (Å²) in [4.78, 5) is 11.1. The molecule has 0 radical (unpaired) electrons. The maximum absolute atomic E-state index is 5.48. The van der Waals surface area contributed by atoms with Gasteiger partial charge in [-0.15, -0.1) is 11.3 Å². The van der Waals surface area contributed by atoms with Gasteiger partial charge in [-0.3, -0.25) is 5.43 Å². The Kier molecular flexibility index (Phi) is 4.13. The lowest BCUT2D eigenvalue weighted by Gasteiger charge is -2.34. The second-order valence-corrected chi connectivity index (χ2v) is 8.60. The molecule has 2 aromatic heterocycles. The molecule has 0 saturated heterocycles. The maximum Gasteiger partial charge on any atom is 0.240 e. The zero-order valence-electron chi connectivity index (χ0n) is 13.7. The number of hydrogen-bond donors (Lipinski definition) is 3. The van der Waals surface area contributed by atoms with Crippen LogP contribution in [0, 0.1) is 12.3 Å². The summed E-state index contributed by atoms with van der Waals surface area (Å²) in [5, 5.41) is 4.62. The highest BCUT2D eigenvalue weighted by atomic mass is 32.1. The fraction of sp³-hybridized carbons (Fsp3) is 0.600. The van der Waals surface area contributed by atoms with Crippen LogP contribution in [0.5, 0.6) is 0 Å². The number of hydrazine groups is 1. The van der Waals surface area contributed by atoms with Crippen molar-refractivity contribution in [2.75, 3.05) is 10.7 Å². The molecule has 116 valence electrons. The summed E-state index contributed by atoms with van der Waals surface area (Å²) < 4.78 is 0. The lowest BCUT2D eigenvalue weighted by molar-refractivity contribution is 0.302. The molecule has 0 atom stereocenters. The van der Waals surface area contributed by atoms with Crippen LogP contribution in [0.3, 0.4) is 0 Å². The number of fused-ring (bicyclic) bond motifs is 1. The predicted molar refractivity (Wildman–Crippen MR) is 91.7 cm³/mol. The number of aromatic nitrogens is 2. The molecule has 0 aliphatic heterocycles. The normalized spacial score (nSPS) is 12.7. The molecule has 0 saturated carbocycles. The molecule has 2 aromatic rings. The van der Waals surface area contributed by atoms with Gasteiger partial charge in [0.15, 0.2) is 0 Å². The SMILES string of the molecule is Cc1cc2c(NC(C)(C)CC(C)(C)C)nc(NN)nc2s1. The fourth-order valence-electron chi connectivity index (χ4n) is 2.89. The van der Waals surface area contributed by atoms with E-state index in [2.05, 4.69) is 68.3 Å². The van der Waals surface area contributed by atoms with Gasteiger partial charge < -0.3 is 5.32 Å². The minimum Gasteiger partial charge on any atom is -0.364 e. The Morgan fingerprint density at radius 2 is 1.86 bits per heavy atom. The Bertz CT molecular complexity index is 639. The summed E-state index contributed by atoms with van der Waals surface area (Å²) in [6, 6.07) is 2.12. The summed E-state index contributed by atoms with van der Waals surface area (Å²) in [5.74, 6) is 6.77. The zero-order valence-corrected chi connectivity index (χ0v) is 14.5. The van der Waals surface area contributed by atoms with Crippen LogP contribution in [-0.4, -0.2) is 15.5 Å². The topological polar surface area (TPSA) is 75.9 Å². The molecular weight excluding hydrogens is 282 g/mol. The van der Waals surface area contributed by atoms with Crippen molar-refractivity contribution in [2.45, 2.75) is 53.5 Å². The van der Waals surface area contributed by atoms with Crippen molar-refractivity contribution in [2.24, 2.45) is 11.3 Å². The van der Waals surface area contributed by atoms with Crippen molar-refractivity contribution >= 4 is 33.3 Å². The van der Waals surface area contributed by atoms with Gasteiger partial charge in [0.1, 0.15) is 10.6 Å². The Labute approximate surface area is 130 Å². The second kappa shape index (κ2) is 5.42. The summed E-state index contributed by atoms with van der Waals surface area (Å²) in [6.07, 6.45) is 1.03. The number of nitrogen functional groups attached to an aromatic ring is 1. The summed E-state index contributed by atoms with van der Waals surface area (Å²) in [7, 11) is 0. The molecule has 4 N–H and O–H groups in total. The number of thiophene rings is 1. The van der Waals surface area contributed by atoms with Crippen molar-refractivity contribution in [3.8, 4) is 0 Å². The minimum atomic E-state index is -0.0682. The van der Waals surface area contributed by atoms with E-state index in [1.807, 2.05) is 0 Å². The first-order chi connectivity index (χ1) is 9.59. The third-order valence-corrected chi connectivity index (χ3v) is 4.02. The van der Waals surface area contributed by atoms with Gasteiger partial charge in [-0.05, 0) is 38.7 Å². The highest BCUT2D eigenvalue weighted by Gasteiger charge is 2.26. The molecule has 0 unspecified atom stereocenters. The van der Waals surface area contributed by atoms with Crippen LogP contribution in [0.25, 0.3) is 10.2 Å². The molecule has 0 amide bonds. The number of nitrogens with one attached hydrogen (secondary N) is 2. The molecule has 0 bridgehead atoms. The van der Waals surface area contributed by atoms with Crippen molar-refractivity contribution in [1.29, 1.82) is 0 Å². The number of hydrogen-bond acceptors (Lipinski definition) is 6. The quantitative estimate of drug-likeness (QED) is 0.590. The monoisotopic (exact) mass is 307 g/mol. The van der Waals surface area contributed by atoms with Crippen molar-refractivity contribution < 1.29 is 0 Å². The van der Waals surface area contributed by atoms with Gasteiger partial charge in [-0.1, -0.05) is 20.8 Å². The Balaban J connectivity index is 2.40. The maximum atomic E-state index is 5.48. The summed E-state index contributed by atoms with van der Waals surface area (Å²) >= 11 is 1.65. The standard InChI is InChI=1S/C15H25N5S/c1-9-7-10-11(17-13(20-16)18-12(10)21-9)19-15(5,6)8-14(2,3)4/h7H,8,16H2,1-6H3,(H2,17,18,19,20). The van der Waals surface area contributed by atoms with E-state index in [1.165, 1.54) is 4.88 Å². The van der Waals surface area contributed by atoms with Crippen molar-refractivity contribution in [3.05, 3.63) is 10.9 Å². The second-order valence-electron chi connectivity index (χ2n) is 7.36. The Morgan fingerprint density at radius 1 is 1.19 bits per heavy atom. The van der Waals surface area contributed by atoms with Crippen LogP contribution in [-0.2, 0) is 0 Å². The van der Waals surface area contributed by atoms with E-state index in [-0.39, 0.29) is 11.0 Å². The van der Waals surface area contributed by atoms with Crippen LogP contribution in [0.15, 0.2) is 6.07 Å². The van der Waals surface area contributed by atoms with Gasteiger partial charge in [0, 0.05) is 10.4 Å². The number of anilines is 2. The van der Waals surface area contributed by atoms with Gasteiger partial charge in [0.05, 0.1) is 5.39 Å². The highest BCUT2D eigenvalue weighted by molar-refractivity contribution is 7.18. The van der Waals surface area contributed by atoms with Crippen LogP contribution in [0.2, 0.25) is 0 Å². The van der Waals surface area contributed by atoms with E-state index >= 15 is 0 Å². The first-order valence-electron chi connectivity index (χ1n) is 7.13. The number of nitrogens with zero attached hydrogens (tertiary/aromatic N) is 2. The van der Waals surface area contributed by atoms with Crippen LogP contribution in [0.1, 0.15) is 45.9 Å². The molecule has 2 rings (SSSR count). The largest absolute Gasteiger partial charge is 0.364 e. The lowest BCUT2D eigenvalue weighted by Crippen LogP contribution is -2.36. The number of rotatable bonds is 4. The molecule has 0 aliphatic carbocycles. The predicted octanol–water partition coefficient (Wildman–Crippen LogP) is 3.91. The molecule has 0 spiro atoms. The van der Waals surface area contributed by atoms with E-state index in [9.17, 15) is 0 Å².